The summed E-state index contributed by atoms with van der Waals surface area (Å²) in [7, 11) is 0. The number of anilines is 1. The summed E-state index contributed by atoms with van der Waals surface area (Å²) < 4.78 is 8.17. The number of rotatable bonds is 17. The monoisotopic (exact) mass is 541 g/mol. The number of amides is 1. The number of nitrogens with zero attached hydrogens (tertiary/aromatic N) is 1. The van der Waals surface area contributed by atoms with Crippen molar-refractivity contribution < 1.29 is 14.1 Å². The van der Waals surface area contributed by atoms with Crippen molar-refractivity contribution in [2.75, 3.05) is 11.9 Å². The number of aromatic nitrogens is 1. The van der Waals surface area contributed by atoms with Gasteiger partial charge in [0.05, 0.1) is 23.4 Å². The molecule has 0 saturated heterocycles. The van der Waals surface area contributed by atoms with Crippen molar-refractivity contribution in [3.05, 3.63) is 75.2 Å². The molecule has 1 heterocycles. The second kappa shape index (κ2) is 16.5. The SMILES string of the molecule is CCCCCCCCCCCCOc1cc(CC(=O)Nc2ccc(C[n+]3cscc3C)cc2)ccc1Cl. The summed E-state index contributed by atoms with van der Waals surface area (Å²) in [6.45, 7) is 5.85. The van der Waals surface area contributed by atoms with Gasteiger partial charge in [-0.05, 0) is 36.2 Å². The molecule has 3 rings (SSSR count). The molecular formula is C31H42ClN2O2S+. The third kappa shape index (κ3) is 10.9. The molecule has 200 valence electrons. The average Bonchev–Trinajstić information content (AvgIpc) is 3.29. The van der Waals surface area contributed by atoms with Crippen LogP contribution in [0.5, 0.6) is 5.75 Å². The van der Waals surface area contributed by atoms with Gasteiger partial charge in [0.15, 0.2) is 12.2 Å². The lowest BCUT2D eigenvalue weighted by molar-refractivity contribution is -0.689. The van der Waals surface area contributed by atoms with Crippen LogP contribution in [0.3, 0.4) is 0 Å². The van der Waals surface area contributed by atoms with Gasteiger partial charge < -0.3 is 10.1 Å². The standard InChI is InChI=1S/C31H41ClN2O2S/c1-3-4-5-6-7-8-9-10-11-12-19-36-30-20-27(15-18-29(30)32)21-31(35)33-28-16-13-26(14-17-28)22-34-24-37-23-25(34)2/h13-18,20,23-24H,3-12,19,21-22H2,1-2H3/p+1. The number of hydrogen-bond donors (Lipinski definition) is 1. The smallest absolute Gasteiger partial charge is 0.228 e. The van der Waals surface area contributed by atoms with Gasteiger partial charge >= 0.3 is 0 Å². The Kier molecular flexibility index (Phi) is 13.0. The number of aryl methyl sites for hydroxylation is 1. The molecule has 37 heavy (non-hydrogen) atoms. The number of carbonyl (C=O) groups excluding carboxylic acids is 1. The highest BCUT2D eigenvalue weighted by atomic mass is 35.5. The Morgan fingerprint density at radius 2 is 1.57 bits per heavy atom. The zero-order valence-corrected chi connectivity index (χ0v) is 24.0. The third-order valence-corrected chi connectivity index (χ3v) is 7.75. The molecule has 6 heteroatoms. The minimum Gasteiger partial charge on any atom is -0.492 e. The maximum Gasteiger partial charge on any atom is 0.228 e. The molecule has 2 aromatic carbocycles. The highest BCUT2D eigenvalue weighted by Crippen LogP contribution is 2.26. The second-order valence-electron chi connectivity index (χ2n) is 9.85. The zero-order valence-electron chi connectivity index (χ0n) is 22.4. The van der Waals surface area contributed by atoms with Crippen LogP contribution in [0.25, 0.3) is 0 Å². The Morgan fingerprint density at radius 1 is 0.919 bits per heavy atom. The summed E-state index contributed by atoms with van der Waals surface area (Å²) >= 11 is 8.04. The topological polar surface area (TPSA) is 42.2 Å². The molecule has 0 atom stereocenters. The van der Waals surface area contributed by atoms with Crippen LogP contribution in [0.4, 0.5) is 5.69 Å². The molecular weight excluding hydrogens is 500 g/mol. The van der Waals surface area contributed by atoms with E-state index >= 15 is 0 Å². The molecule has 4 nitrogen and oxygen atoms in total. The zero-order chi connectivity index (χ0) is 26.3. The lowest BCUT2D eigenvalue weighted by Crippen LogP contribution is -2.34. The van der Waals surface area contributed by atoms with Gasteiger partial charge in [-0.2, -0.15) is 4.57 Å². The third-order valence-electron chi connectivity index (χ3n) is 6.59. The molecule has 0 fully saturated rings. The van der Waals surface area contributed by atoms with Crippen LogP contribution in [-0.2, 0) is 17.8 Å². The van der Waals surface area contributed by atoms with Crippen molar-refractivity contribution in [2.24, 2.45) is 0 Å². The number of benzene rings is 2. The number of unbranched alkanes of at least 4 members (excludes halogenated alkanes) is 9. The molecule has 0 unspecified atom stereocenters. The number of ether oxygens (including phenoxy) is 1. The van der Waals surface area contributed by atoms with Crippen molar-refractivity contribution in [3.8, 4) is 5.75 Å². The molecule has 1 amide bonds. The minimum absolute atomic E-state index is 0.0567. The maximum absolute atomic E-state index is 12.6. The first-order valence-electron chi connectivity index (χ1n) is 13.8. The van der Waals surface area contributed by atoms with E-state index in [-0.39, 0.29) is 12.3 Å². The predicted molar refractivity (Wildman–Crippen MR) is 156 cm³/mol. The quantitative estimate of drug-likeness (QED) is 0.137. The predicted octanol–water partition coefficient (Wildman–Crippen LogP) is 8.53. The molecule has 0 spiro atoms. The largest absolute Gasteiger partial charge is 0.492 e. The van der Waals surface area contributed by atoms with Crippen LogP contribution in [0.2, 0.25) is 5.02 Å². The average molecular weight is 542 g/mol. The number of thiazole rings is 1. The van der Waals surface area contributed by atoms with Gasteiger partial charge in [0.25, 0.3) is 0 Å². The van der Waals surface area contributed by atoms with E-state index in [4.69, 9.17) is 16.3 Å². The van der Waals surface area contributed by atoms with E-state index < -0.39 is 0 Å². The first-order chi connectivity index (χ1) is 18.0. The first kappa shape index (κ1) is 29.2. The molecule has 3 aromatic rings. The maximum atomic E-state index is 12.6. The van der Waals surface area contributed by atoms with Crippen LogP contribution >= 0.6 is 22.9 Å². The summed E-state index contributed by atoms with van der Waals surface area (Å²) in [4.78, 5) is 12.6. The van der Waals surface area contributed by atoms with Crippen LogP contribution in [0.1, 0.15) is 88.0 Å². The molecule has 1 N–H and O–H groups in total. The number of halogens is 1. The lowest BCUT2D eigenvalue weighted by Gasteiger charge is -2.11. The Labute approximate surface area is 232 Å². The fraction of sp³-hybridized carbons (Fsp3) is 0.484. The van der Waals surface area contributed by atoms with Crippen LogP contribution in [-0.4, -0.2) is 12.5 Å². The van der Waals surface area contributed by atoms with Gasteiger partial charge in [0, 0.05) is 18.2 Å². The van der Waals surface area contributed by atoms with Crippen LogP contribution in [0, 0.1) is 6.92 Å². The number of nitrogens with one attached hydrogen (secondary N) is 1. The number of carbonyl (C=O) groups is 1. The van der Waals surface area contributed by atoms with Gasteiger partial charge in [-0.25, -0.2) is 0 Å². The molecule has 0 radical (unpaired) electrons. The highest BCUT2D eigenvalue weighted by molar-refractivity contribution is 7.07. The Morgan fingerprint density at radius 3 is 2.22 bits per heavy atom. The second-order valence-corrected chi connectivity index (χ2v) is 11.0. The minimum atomic E-state index is -0.0567. The van der Waals surface area contributed by atoms with Crippen molar-refractivity contribution in [2.45, 2.75) is 91.0 Å². The van der Waals surface area contributed by atoms with E-state index in [9.17, 15) is 4.79 Å². The Balaban J connectivity index is 1.36. The Bertz CT molecular complexity index is 1080. The van der Waals surface area contributed by atoms with E-state index in [1.807, 2.05) is 30.3 Å². The molecule has 0 aliphatic heterocycles. The fourth-order valence-corrected chi connectivity index (χ4v) is 5.29. The number of hydrogen-bond acceptors (Lipinski definition) is 3. The molecule has 0 bridgehead atoms. The lowest BCUT2D eigenvalue weighted by atomic mass is 10.1. The summed E-state index contributed by atoms with van der Waals surface area (Å²) in [6.07, 6.45) is 13.2. The van der Waals surface area contributed by atoms with Gasteiger partial charge in [-0.3, -0.25) is 4.79 Å². The fourth-order valence-electron chi connectivity index (χ4n) is 4.34. The van der Waals surface area contributed by atoms with E-state index in [1.165, 1.54) is 69.0 Å². The van der Waals surface area contributed by atoms with Gasteiger partial charge in [0.1, 0.15) is 5.75 Å². The van der Waals surface area contributed by atoms with E-state index in [1.54, 1.807) is 11.3 Å². The summed E-state index contributed by atoms with van der Waals surface area (Å²) in [5.41, 5.74) is 6.25. The molecule has 0 aliphatic carbocycles. The molecule has 0 saturated carbocycles. The molecule has 1 aromatic heterocycles. The first-order valence-corrected chi connectivity index (χ1v) is 15.1. The van der Waals surface area contributed by atoms with E-state index in [0.717, 1.165) is 24.2 Å². The van der Waals surface area contributed by atoms with Crippen LogP contribution in [0.15, 0.2) is 53.4 Å². The van der Waals surface area contributed by atoms with E-state index in [2.05, 4.69) is 46.8 Å². The normalized spacial score (nSPS) is 11.0. The van der Waals surface area contributed by atoms with E-state index in [0.29, 0.717) is 17.4 Å². The van der Waals surface area contributed by atoms with Gasteiger partial charge in [0.2, 0.25) is 11.4 Å². The summed E-state index contributed by atoms with van der Waals surface area (Å²) in [5, 5.41) is 5.72. The summed E-state index contributed by atoms with van der Waals surface area (Å²) in [6, 6.07) is 13.6. The Hall–Kier alpha value is -2.37. The van der Waals surface area contributed by atoms with Crippen molar-refractivity contribution >= 4 is 34.5 Å². The summed E-state index contributed by atoms with van der Waals surface area (Å²) in [5.74, 6) is 0.604. The molecule has 0 aliphatic rings. The van der Waals surface area contributed by atoms with Crippen LogP contribution < -0.4 is 14.6 Å². The van der Waals surface area contributed by atoms with Gasteiger partial charge in [-0.1, -0.05) is 106 Å². The van der Waals surface area contributed by atoms with Gasteiger partial charge in [-0.15, -0.1) is 0 Å². The van der Waals surface area contributed by atoms with Crippen molar-refractivity contribution in [3.63, 3.8) is 0 Å². The van der Waals surface area contributed by atoms with Crippen molar-refractivity contribution in [1.82, 2.24) is 0 Å². The van der Waals surface area contributed by atoms with Crippen molar-refractivity contribution in [1.29, 1.82) is 0 Å². The highest BCUT2D eigenvalue weighted by Gasteiger charge is 2.10.